The molecule has 1 nitrogen and oxygen atoms in total. The van der Waals surface area contributed by atoms with Gasteiger partial charge in [0.25, 0.3) is 0 Å². The van der Waals surface area contributed by atoms with Gasteiger partial charge in [-0.25, -0.2) is 4.39 Å². The van der Waals surface area contributed by atoms with Crippen LogP contribution >= 0.6 is 11.6 Å². The second kappa shape index (κ2) is 3.91. The lowest BCUT2D eigenvalue weighted by Crippen LogP contribution is -1.88. The monoisotopic (exact) mass is 220 g/mol. The number of rotatable bonds is 1. The quantitative estimate of drug-likeness (QED) is 0.731. The number of nitrogen functional groups attached to an aromatic ring is 1. The first kappa shape index (κ1) is 9.99. The van der Waals surface area contributed by atoms with E-state index in [1.165, 1.54) is 12.1 Å². The van der Waals surface area contributed by atoms with Crippen molar-refractivity contribution >= 4 is 17.3 Å². The lowest BCUT2D eigenvalue weighted by atomic mass is 10.0. The average molecular weight is 221 g/mol. The third kappa shape index (κ3) is 1.95. The molecule has 2 aromatic carbocycles. The smallest absolute Gasteiger partial charge is 0.132 e. The molecule has 15 heavy (non-hydrogen) atoms. The molecule has 0 fully saturated rings. The normalized spacial score (nSPS) is 10.3. The highest BCUT2D eigenvalue weighted by Crippen LogP contribution is 2.30. The second-order valence-corrected chi connectivity index (χ2v) is 3.52. The van der Waals surface area contributed by atoms with Crippen LogP contribution in [0.25, 0.3) is 11.1 Å². The van der Waals surface area contributed by atoms with Gasteiger partial charge in [-0.15, -0.1) is 0 Å². The topological polar surface area (TPSA) is 26.0 Å². The van der Waals surface area contributed by atoms with E-state index in [1.807, 2.05) is 0 Å². The van der Waals surface area contributed by atoms with Gasteiger partial charge in [-0.05, 0) is 29.8 Å². The van der Waals surface area contributed by atoms with E-state index >= 15 is 0 Å². The van der Waals surface area contributed by atoms with Gasteiger partial charge in [-0.2, -0.15) is 0 Å². The summed E-state index contributed by atoms with van der Waals surface area (Å²) in [7, 11) is 0. The minimum absolute atomic E-state index is 0.264. The number of hydrogen-bond acceptors (Lipinski definition) is 1. The zero-order valence-corrected chi connectivity index (χ0v) is 8.55. The van der Waals surface area contributed by atoms with Gasteiger partial charge in [0.2, 0.25) is 0 Å². The second-order valence-electron chi connectivity index (χ2n) is 3.14. The molecule has 2 rings (SSSR count). The van der Waals surface area contributed by atoms with Crippen molar-refractivity contribution in [2.45, 2.75) is 0 Å². The molecule has 0 heterocycles. The Hall–Kier alpha value is -1.54. The van der Waals surface area contributed by atoms with Crippen molar-refractivity contribution in [2.75, 3.05) is 5.73 Å². The van der Waals surface area contributed by atoms with E-state index in [1.54, 1.807) is 24.3 Å². The standard InChI is InChI=1S/C12H8ClFN/c13-10-5-2-6-11(14)12(10)8-3-1-4-9(15)7-8/h1-4,6-7H,15H2. The molecule has 75 valence electrons. The molecule has 2 N–H and O–H groups in total. The van der Waals surface area contributed by atoms with Gasteiger partial charge in [-0.3, -0.25) is 0 Å². The Morgan fingerprint density at radius 2 is 2.07 bits per heavy atom. The molecule has 0 spiro atoms. The summed E-state index contributed by atoms with van der Waals surface area (Å²) in [5.74, 6) is -0.371. The summed E-state index contributed by atoms with van der Waals surface area (Å²) in [6, 6.07) is 12.5. The third-order valence-electron chi connectivity index (χ3n) is 2.07. The summed E-state index contributed by atoms with van der Waals surface area (Å²) in [5, 5.41) is 0.264. The molecule has 0 unspecified atom stereocenters. The summed E-state index contributed by atoms with van der Waals surface area (Å²) in [5.41, 5.74) is 7.20. The fourth-order valence-corrected chi connectivity index (χ4v) is 1.67. The number of nitrogens with two attached hydrogens (primary N) is 1. The van der Waals surface area contributed by atoms with Crippen molar-refractivity contribution in [3.05, 3.63) is 53.3 Å². The Morgan fingerprint density at radius 1 is 1.27 bits per heavy atom. The van der Waals surface area contributed by atoms with E-state index in [0.29, 0.717) is 16.8 Å². The van der Waals surface area contributed by atoms with E-state index in [9.17, 15) is 4.39 Å². The zero-order valence-electron chi connectivity index (χ0n) is 7.80. The fourth-order valence-electron chi connectivity index (χ4n) is 1.41. The van der Waals surface area contributed by atoms with Gasteiger partial charge in [-0.1, -0.05) is 23.7 Å². The van der Waals surface area contributed by atoms with Crippen LogP contribution in [0.4, 0.5) is 10.1 Å². The SMILES string of the molecule is Nc1cccc(-c2c(Cl)[c]ccc2F)c1. The van der Waals surface area contributed by atoms with Gasteiger partial charge in [0, 0.05) is 17.3 Å². The van der Waals surface area contributed by atoms with Crippen molar-refractivity contribution in [1.29, 1.82) is 0 Å². The highest BCUT2D eigenvalue weighted by atomic mass is 35.5. The van der Waals surface area contributed by atoms with E-state index in [0.717, 1.165) is 0 Å². The van der Waals surface area contributed by atoms with Crippen LogP contribution in [0.15, 0.2) is 36.4 Å². The van der Waals surface area contributed by atoms with Crippen molar-refractivity contribution in [2.24, 2.45) is 0 Å². The molecule has 0 saturated carbocycles. The van der Waals surface area contributed by atoms with Crippen molar-refractivity contribution < 1.29 is 4.39 Å². The van der Waals surface area contributed by atoms with Crippen LogP contribution in [0.1, 0.15) is 0 Å². The molecule has 3 heteroatoms. The van der Waals surface area contributed by atoms with Crippen molar-refractivity contribution in [3.8, 4) is 11.1 Å². The molecular formula is C12H8ClFN. The Balaban J connectivity index is 2.63. The average Bonchev–Trinajstić information content (AvgIpc) is 2.17. The number of anilines is 1. The van der Waals surface area contributed by atoms with Crippen LogP contribution in [0.2, 0.25) is 5.02 Å². The summed E-state index contributed by atoms with van der Waals surface area (Å²) < 4.78 is 13.5. The van der Waals surface area contributed by atoms with Crippen LogP contribution in [-0.2, 0) is 0 Å². The first-order valence-corrected chi connectivity index (χ1v) is 4.78. The van der Waals surface area contributed by atoms with Crippen LogP contribution in [0.5, 0.6) is 0 Å². The molecule has 0 aliphatic carbocycles. The van der Waals surface area contributed by atoms with Gasteiger partial charge < -0.3 is 5.73 Å². The Labute approximate surface area is 92.3 Å². The van der Waals surface area contributed by atoms with Gasteiger partial charge in [0.1, 0.15) is 5.82 Å². The first-order valence-electron chi connectivity index (χ1n) is 4.40. The molecule has 0 amide bonds. The molecule has 0 bridgehead atoms. The van der Waals surface area contributed by atoms with Gasteiger partial charge in [0.15, 0.2) is 0 Å². The third-order valence-corrected chi connectivity index (χ3v) is 2.37. The maximum atomic E-state index is 13.5. The van der Waals surface area contributed by atoms with Crippen molar-refractivity contribution in [3.63, 3.8) is 0 Å². The summed E-state index contributed by atoms with van der Waals surface area (Å²) in [6.07, 6.45) is 0. The maximum absolute atomic E-state index is 13.5. The van der Waals surface area contributed by atoms with Crippen molar-refractivity contribution in [1.82, 2.24) is 0 Å². The van der Waals surface area contributed by atoms with Crippen LogP contribution in [0.3, 0.4) is 0 Å². The number of benzene rings is 2. The van der Waals surface area contributed by atoms with Crippen LogP contribution < -0.4 is 5.73 Å². The molecule has 0 saturated heterocycles. The fraction of sp³-hybridized carbons (Fsp3) is 0. The highest BCUT2D eigenvalue weighted by molar-refractivity contribution is 6.33. The zero-order chi connectivity index (χ0) is 10.8. The van der Waals surface area contributed by atoms with E-state index in [4.69, 9.17) is 17.3 Å². The van der Waals surface area contributed by atoms with E-state index in [2.05, 4.69) is 6.07 Å². The summed E-state index contributed by atoms with van der Waals surface area (Å²) in [6.45, 7) is 0. The minimum atomic E-state index is -0.371. The predicted molar refractivity (Wildman–Crippen MR) is 60.1 cm³/mol. The number of halogens is 2. The lowest BCUT2D eigenvalue weighted by Gasteiger charge is -2.06. The maximum Gasteiger partial charge on any atom is 0.132 e. The lowest BCUT2D eigenvalue weighted by molar-refractivity contribution is 0.631. The van der Waals surface area contributed by atoms with E-state index in [-0.39, 0.29) is 10.8 Å². The molecule has 2 aromatic rings. The molecule has 0 aliphatic heterocycles. The van der Waals surface area contributed by atoms with Gasteiger partial charge in [0.05, 0.1) is 5.02 Å². The first-order chi connectivity index (χ1) is 7.18. The van der Waals surface area contributed by atoms with Crippen LogP contribution in [-0.4, -0.2) is 0 Å². The predicted octanol–water partition coefficient (Wildman–Crippen LogP) is 3.53. The van der Waals surface area contributed by atoms with E-state index < -0.39 is 0 Å². The Kier molecular flexibility index (Phi) is 2.60. The molecule has 0 atom stereocenters. The van der Waals surface area contributed by atoms with Crippen LogP contribution in [0, 0.1) is 11.9 Å². The number of hydrogen-bond donors (Lipinski definition) is 1. The minimum Gasteiger partial charge on any atom is -0.399 e. The molecular weight excluding hydrogens is 213 g/mol. The highest BCUT2D eigenvalue weighted by Gasteiger charge is 2.09. The molecule has 1 radical (unpaired) electrons. The molecule has 0 aliphatic rings. The Morgan fingerprint density at radius 3 is 2.73 bits per heavy atom. The Bertz CT molecular complexity index is 476. The summed E-state index contributed by atoms with van der Waals surface area (Å²) in [4.78, 5) is 0. The van der Waals surface area contributed by atoms with Gasteiger partial charge >= 0.3 is 0 Å². The largest absolute Gasteiger partial charge is 0.399 e. The molecule has 0 aromatic heterocycles. The summed E-state index contributed by atoms with van der Waals surface area (Å²) >= 11 is 5.88.